The monoisotopic (exact) mass is 196 g/mol. The van der Waals surface area contributed by atoms with Crippen LogP contribution in [-0.2, 0) is 4.79 Å². The van der Waals surface area contributed by atoms with Crippen LogP contribution in [0, 0.1) is 5.92 Å². The van der Waals surface area contributed by atoms with E-state index in [1.165, 1.54) is 11.1 Å². The Morgan fingerprint density at radius 2 is 1.79 bits per heavy atom. The minimum atomic E-state index is -0.664. The van der Waals surface area contributed by atoms with Crippen LogP contribution >= 0.6 is 0 Å². The van der Waals surface area contributed by atoms with Crippen molar-refractivity contribution >= 4 is 5.97 Å². The van der Waals surface area contributed by atoms with Gasteiger partial charge in [0.1, 0.15) is 0 Å². The van der Waals surface area contributed by atoms with Gasteiger partial charge in [0.25, 0.3) is 0 Å². The van der Waals surface area contributed by atoms with Gasteiger partial charge in [-0.25, -0.2) is 0 Å². The molecule has 0 saturated heterocycles. The quantitative estimate of drug-likeness (QED) is 0.628. The predicted octanol–water partition coefficient (Wildman–Crippen LogP) is 1.71. The molecule has 0 aromatic carbocycles. The lowest BCUT2D eigenvalue weighted by Crippen LogP contribution is -2.24. The first kappa shape index (κ1) is 9.71. The van der Waals surface area contributed by atoms with Gasteiger partial charge in [-0.1, -0.05) is 11.1 Å². The second kappa shape index (κ2) is 3.73. The van der Waals surface area contributed by atoms with E-state index in [-0.39, 0.29) is 12.0 Å². The molecule has 0 bridgehead atoms. The number of carboxylic acids is 1. The van der Waals surface area contributed by atoms with E-state index in [0.29, 0.717) is 0 Å². The van der Waals surface area contributed by atoms with Gasteiger partial charge in [0, 0.05) is 0 Å². The Bertz CT molecular complexity index is 280. The second-order valence-corrected chi connectivity index (χ2v) is 4.38. The van der Waals surface area contributed by atoms with Gasteiger partial charge in [-0.15, -0.1) is 0 Å². The fourth-order valence-electron chi connectivity index (χ4n) is 2.53. The Balaban J connectivity index is 2.09. The summed E-state index contributed by atoms with van der Waals surface area (Å²) in [6, 6.07) is 0. The summed E-state index contributed by atoms with van der Waals surface area (Å²) < 4.78 is 0. The van der Waals surface area contributed by atoms with E-state index < -0.39 is 5.97 Å². The summed E-state index contributed by atoms with van der Waals surface area (Å²) >= 11 is 0. The molecule has 2 rings (SSSR count). The smallest absolute Gasteiger partial charge is 0.306 e. The molecule has 3 heteroatoms. The van der Waals surface area contributed by atoms with Gasteiger partial charge in [-0.05, 0) is 38.5 Å². The normalized spacial score (nSPS) is 32.6. The SMILES string of the molecule is O=C(O)[C@@H]1CCC2=C(CC[C@@H](O)C2)C1. The topological polar surface area (TPSA) is 57.5 Å². The lowest BCUT2D eigenvalue weighted by Gasteiger charge is -2.30. The van der Waals surface area contributed by atoms with Gasteiger partial charge in [-0.2, -0.15) is 0 Å². The third kappa shape index (κ3) is 1.82. The molecule has 3 nitrogen and oxygen atoms in total. The average Bonchev–Trinajstić information content (AvgIpc) is 2.16. The molecule has 0 amide bonds. The zero-order valence-electron chi connectivity index (χ0n) is 8.20. The number of aliphatic carboxylic acids is 1. The molecule has 0 saturated carbocycles. The third-order valence-electron chi connectivity index (χ3n) is 3.40. The van der Waals surface area contributed by atoms with E-state index >= 15 is 0 Å². The molecule has 0 unspecified atom stereocenters. The molecule has 0 spiro atoms. The molecule has 0 heterocycles. The van der Waals surface area contributed by atoms with Crippen molar-refractivity contribution in [2.24, 2.45) is 5.92 Å². The van der Waals surface area contributed by atoms with Crippen LogP contribution in [0.3, 0.4) is 0 Å². The van der Waals surface area contributed by atoms with Gasteiger partial charge >= 0.3 is 5.97 Å². The van der Waals surface area contributed by atoms with Gasteiger partial charge in [0.2, 0.25) is 0 Å². The maximum atomic E-state index is 10.8. The average molecular weight is 196 g/mol. The Morgan fingerprint density at radius 3 is 2.50 bits per heavy atom. The highest BCUT2D eigenvalue weighted by molar-refractivity contribution is 5.70. The van der Waals surface area contributed by atoms with Crippen LogP contribution in [0.4, 0.5) is 0 Å². The van der Waals surface area contributed by atoms with Gasteiger partial charge in [0.05, 0.1) is 12.0 Å². The van der Waals surface area contributed by atoms with Crippen LogP contribution in [0.25, 0.3) is 0 Å². The summed E-state index contributed by atoms with van der Waals surface area (Å²) in [5.74, 6) is -0.841. The van der Waals surface area contributed by atoms with E-state index in [1.54, 1.807) is 0 Å². The number of carbonyl (C=O) groups is 1. The first-order valence-electron chi connectivity index (χ1n) is 5.27. The van der Waals surface area contributed by atoms with Crippen LogP contribution in [0.5, 0.6) is 0 Å². The van der Waals surface area contributed by atoms with Crippen molar-refractivity contribution in [1.29, 1.82) is 0 Å². The van der Waals surface area contributed by atoms with Crippen molar-refractivity contribution in [2.45, 2.75) is 44.6 Å². The van der Waals surface area contributed by atoms with Gasteiger partial charge in [-0.3, -0.25) is 4.79 Å². The Hall–Kier alpha value is -0.830. The molecule has 2 aliphatic rings. The van der Waals surface area contributed by atoms with Crippen LogP contribution < -0.4 is 0 Å². The van der Waals surface area contributed by atoms with Gasteiger partial charge < -0.3 is 10.2 Å². The zero-order chi connectivity index (χ0) is 10.1. The van der Waals surface area contributed by atoms with Crippen molar-refractivity contribution in [2.75, 3.05) is 0 Å². The van der Waals surface area contributed by atoms with Crippen molar-refractivity contribution in [3.05, 3.63) is 11.1 Å². The molecular formula is C11H16O3. The molecule has 0 aliphatic heterocycles. The Labute approximate surface area is 83.4 Å². The highest BCUT2D eigenvalue weighted by Gasteiger charge is 2.29. The molecule has 2 atom stereocenters. The molecule has 0 fully saturated rings. The van der Waals surface area contributed by atoms with Crippen molar-refractivity contribution in [3.8, 4) is 0 Å². The van der Waals surface area contributed by atoms with Crippen molar-refractivity contribution in [1.82, 2.24) is 0 Å². The van der Waals surface area contributed by atoms with Crippen molar-refractivity contribution in [3.63, 3.8) is 0 Å². The number of carboxylic acid groups (broad SMARTS) is 1. The molecule has 0 radical (unpaired) electrons. The third-order valence-corrected chi connectivity index (χ3v) is 3.40. The largest absolute Gasteiger partial charge is 0.481 e. The van der Waals surface area contributed by atoms with Crippen LogP contribution in [0.15, 0.2) is 11.1 Å². The molecule has 14 heavy (non-hydrogen) atoms. The highest BCUT2D eigenvalue weighted by Crippen LogP contribution is 2.38. The molecule has 78 valence electrons. The first-order chi connectivity index (χ1) is 6.66. The van der Waals surface area contributed by atoms with Crippen LogP contribution in [-0.4, -0.2) is 22.3 Å². The lowest BCUT2D eigenvalue weighted by molar-refractivity contribution is -0.142. The molecular weight excluding hydrogens is 180 g/mol. The van der Waals surface area contributed by atoms with E-state index in [4.69, 9.17) is 5.11 Å². The lowest BCUT2D eigenvalue weighted by atomic mass is 9.77. The second-order valence-electron chi connectivity index (χ2n) is 4.38. The fraction of sp³-hybridized carbons (Fsp3) is 0.727. The number of hydrogen-bond acceptors (Lipinski definition) is 2. The maximum absolute atomic E-state index is 10.8. The summed E-state index contributed by atoms with van der Waals surface area (Å²) in [4.78, 5) is 10.8. The summed E-state index contributed by atoms with van der Waals surface area (Å²) in [5.41, 5.74) is 2.65. The summed E-state index contributed by atoms with van der Waals surface area (Å²) in [6.07, 6.45) is 4.66. The first-order valence-corrected chi connectivity index (χ1v) is 5.27. The van der Waals surface area contributed by atoms with Crippen molar-refractivity contribution < 1.29 is 15.0 Å². The molecule has 2 aliphatic carbocycles. The van der Waals surface area contributed by atoms with Crippen LogP contribution in [0.1, 0.15) is 38.5 Å². The molecule has 2 N–H and O–H groups in total. The standard InChI is InChI=1S/C11H16O3/c12-10-4-3-7-5-9(11(13)14)2-1-8(7)6-10/h9-10,12H,1-6H2,(H,13,14)/t9-,10-/m1/s1. The van der Waals surface area contributed by atoms with E-state index in [1.807, 2.05) is 0 Å². The fourth-order valence-corrected chi connectivity index (χ4v) is 2.53. The van der Waals surface area contributed by atoms with E-state index in [2.05, 4.69) is 0 Å². The summed E-state index contributed by atoms with van der Waals surface area (Å²) in [7, 11) is 0. The Morgan fingerprint density at radius 1 is 1.14 bits per heavy atom. The van der Waals surface area contributed by atoms with Crippen LogP contribution in [0.2, 0.25) is 0 Å². The minimum absolute atomic E-state index is 0.177. The number of aliphatic hydroxyl groups is 1. The predicted molar refractivity (Wildman–Crippen MR) is 51.9 cm³/mol. The Kier molecular flexibility index (Phi) is 2.59. The number of hydrogen-bond donors (Lipinski definition) is 2. The molecule has 0 aromatic rings. The minimum Gasteiger partial charge on any atom is -0.481 e. The van der Waals surface area contributed by atoms with Gasteiger partial charge in [0.15, 0.2) is 0 Å². The number of aliphatic hydroxyl groups excluding tert-OH is 1. The summed E-state index contributed by atoms with van der Waals surface area (Å²) in [5, 5.41) is 18.4. The highest BCUT2D eigenvalue weighted by atomic mass is 16.4. The maximum Gasteiger partial charge on any atom is 0.306 e. The number of allylic oxidation sites excluding steroid dienone is 1. The van der Waals surface area contributed by atoms with E-state index in [0.717, 1.165) is 38.5 Å². The number of rotatable bonds is 1. The molecule has 0 aromatic heterocycles. The zero-order valence-corrected chi connectivity index (χ0v) is 8.20. The summed E-state index contributed by atoms with van der Waals surface area (Å²) in [6.45, 7) is 0. The van der Waals surface area contributed by atoms with E-state index in [9.17, 15) is 9.90 Å².